The lowest BCUT2D eigenvalue weighted by atomic mass is 9.99. The number of Topliss-reactive ketones (excluding diaryl/α,β-unsaturated/α-hetero) is 1. The number of fused-ring (bicyclic) bond motifs is 1. The molecule has 0 saturated carbocycles. The van der Waals surface area contributed by atoms with Gasteiger partial charge in [-0.05, 0) is 68.1 Å². The van der Waals surface area contributed by atoms with E-state index >= 15 is 0 Å². The maximum Gasteiger partial charge on any atom is 0.262 e. The van der Waals surface area contributed by atoms with Gasteiger partial charge in [-0.15, -0.1) is 0 Å². The van der Waals surface area contributed by atoms with E-state index in [2.05, 4.69) is 6.07 Å². The molecule has 32 heavy (non-hydrogen) atoms. The zero-order chi connectivity index (χ0) is 22.8. The number of benzene rings is 3. The van der Waals surface area contributed by atoms with Gasteiger partial charge in [0, 0.05) is 5.56 Å². The molecule has 5 heteroatoms. The summed E-state index contributed by atoms with van der Waals surface area (Å²) in [6.45, 7) is 8.48. The minimum atomic E-state index is -0.0894. The van der Waals surface area contributed by atoms with Crippen LogP contribution in [-0.2, 0) is 6.54 Å². The van der Waals surface area contributed by atoms with Gasteiger partial charge in [-0.1, -0.05) is 59.8 Å². The average Bonchev–Trinajstić information content (AvgIpc) is 2.78. The number of ketones is 1. The fourth-order valence-corrected chi connectivity index (χ4v) is 4.62. The summed E-state index contributed by atoms with van der Waals surface area (Å²) in [6.07, 6.45) is 0. The molecule has 3 aromatic carbocycles. The fourth-order valence-electron chi connectivity index (χ4n) is 3.74. The van der Waals surface area contributed by atoms with Crippen LogP contribution in [0.5, 0.6) is 0 Å². The maximum absolute atomic E-state index is 13.3. The largest absolute Gasteiger partial charge is 0.293 e. The van der Waals surface area contributed by atoms with Crippen molar-refractivity contribution in [3.63, 3.8) is 0 Å². The normalized spacial score (nSPS) is 11.1. The molecular formula is C27H26N2O2S. The smallest absolute Gasteiger partial charge is 0.262 e. The first kappa shape index (κ1) is 22.0. The molecule has 4 nitrogen and oxygen atoms in total. The SMILES string of the molecule is Cc1ccc(Cn2c(SCC(=O)c3cc(C)c(C)cc3C)nc3ccccc3c2=O)cc1. The van der Waals surface area contributed by atoms with Crippen LogP contribution in [0, 0.1) is 27.7 Å². The summed E-state index contributed by atoms with van der Waals surface area (Å²) in [6, 6.07) is 19.5. The van der Waals surface area contributed by atoms with Crippen molar-refractivity contribution in [1.82, 2.24) is 9.55 Å². The van der Waals surface area contributed by atoms with Crippen molar-refractivity contribution in [2.45, 2.75) is 39.4 Å². The van der Waals surface area contributed by atoms with E-state index in [1.165, 1.54) is 22.9 Å². The van der Waals surface area contributed by atoms with Crippen molar-refractivity contribution < 1.29 is 4.79 Å². The highest BCUT2D eigenvalue weighted by atomic mass is 32.2. The van der Waals surface area contributed by atoms with Crippen LogP contribution in [0.25, 0.3) is 10.9 Å². The molecule has 1 heterocycles. The molecule has 0 atom stereocenters. The number of nitrogens with zero attached hydrogens (tertiary/aromatic N) is 2. The second-order valence-electron chi connectivity index (χ2n) is 8.25. The van der Waals surface area contributed by atoms with Crippen LogP contribution in [0.1, 0.15) is 38.2 Å². The predicted molar refractivity (Wildman–Crippen MR) is 132 cm³/mol. The lowest BCUT2D eigenvalue weighted by Crippen LogP contribution is -2.24. The Labute approximate surface area is 192 Å². The zero-order valence-corrected chi connectivity index (χ0v) is 19.6. The molecule has 0 aliphatic heterocycles. The topological polar surface area (TPSA) is 52.0 Å². The van der Waals surface area contributed by atoms with E-state index in [9.17, 15) is 9.59 Å². The van der Waals surface area contributed by atoms with E-state index in [1.807, 2.05) is 76.2 Å². The standard InChI is InChI=1S/C27H26N2O2S/c1-17-9-11-21(12-10-17)15-29-26(31)22-7-5-6-8-24(22)28-27(29)32-16-25(30)23-14-19(3)18(2)13-20(23)4/h5-14H,15-16H2,1-4H3. The van der Waals surface area contributed by atoms with Crippen molar-refractivity contribution in [2.24, 2.45) is 0 Å². The van der Waals surface area contributed by atoms with E-state index in [4.69, 9.17) is 4.98 Å². The van der Waals surface area contributed by atoms with E-state index < -0.39 is 0 Å². The quantitative estimate of drug-likeness (QED) is 0.220. The Morgan fingerprint density at radius 1 is 0.906 bits per heavy atom. The Morgan fingerprint density at radius 3 is 2.34 bits per heavy atom. The number of carbonyl (C=O) groups is 1. The van der Waals surface area contributed by atoms with Gasteiger partial charge in [-0.25, -0.2) is 4.98 Å². The first-order chi connectivity index (χ1) is 15.3. The maximum atomic E-state index is 13.3. The zero-order valence-electron chi connectivity index (χ0n) is 18.8. The summed E-state index contributed by atoms with van der Waals surface area (Å²) < 4.78 is 1.68. The first-order valence-electron chi connectivity index (χ1n) is 10.6. The number of aromatic nitrogens is 2. The molecule has 0 bridgehead atoms. The van der Waals surface area contributed by atoms with E-state index in [0.717, 1.165) is 22.3 Å². The molecule has 0 radical (unpaired) electrons. The van der Waals surface area contributed by atoms with E-state index in [-0.39, 0.29) is 17.1 Å². The van der Waals surface area contributed by atoms with Gasteiger partial charge in [0.15, 0.2) is 10.9 Å². The molecule has 0 saturated heterocycles. The van der Waals surface area contributed by atoms with Gasteiger partial charge >= 0.3 is 0 Å². The summed E-state index contributed by atoms with van der Waals surface area (Å²) in [5.41, 5.74) is 6.73. The molecule has 4 rings (SSSR count). The van der Waals surface area contributed by atoms with Crippen LogP contribution in [0.15, 0.2) is 70.6 Å². The Morgan fingerprint density at radius 2 is 1.59 bits per heavy atom. The summed E-state index contributed by atoms with van der Waals surface area (Å²) in [7, 11) is 0. The molecule has 0 N–H and O–H groups in total. The van der Waals surface area contributed by atoms with Crippen LogP contribution in [-0.4, -0.2) is 21.1 Å². The average molecular weight is 443 g/mol. The van der Waals surface area contributed by atoms with Gasteiger partial charge in [0.2, 0.25) is 0 Å². The fraction of sp³-hybridized carbons (Fsp3) is 0.222. The van der Waals surface area contributed by atoms with Crippen LogP contribution in [0.4, 0.5) is 0 Å². The number of thioether (sulfide) groups is 1. The van der Waals surface area contributed by atoms with Crippen molar-refractivity contribution >= 4 is 28.4 Å². The van der Waals surface area contributed by atoms with Gasteiger partial charge in [0.25, 0.3) is 5.56 Å². The summed E-state index contributed by atoms with van der Waals surface area (Å²) in [5, 5.41) is 1.14. The van der Waals surface area contributed by atoms with Crippen molar-refractivity contribution in [3.8, 4) is 0 Å². The highest BCUT2D eigenvalue weighted by Crippen LogP contribution is 2.22. The molecule has 162 valence electrons. The molecule has 0 amide bonds. The summed E-state index contributed by atoms with van der Waals surface area (Å²) in [4.78, 5) is 31.1. The summed E-state index contributed by atoms with van der Waals surface area (Å²) >= 11 is 1.32. The van der Waals surface area contributed by atoms with E-state index in [0.29, 0.717) is 22.6 Å². The Hall–Kier alpha value is -3.18. The van der Waals surface area contributed by atoms with Gasteiger partial charge in [-0.2, -0.15) is 0 Å². The molecule has 0 aliphatic carbocycles. The number of aryl methyl sites for hydroxylation is 4. The van der Waals surface area contributed by atoms with Gasteiger partial charge < -0.3 is 0 Å². The Balaban J connectivity index is 1.69. The third-order valence-electron chi connectivity index (χ3n) is 5.76. The highest BCUT2D eigenvalue weighted by molar-refractivity contribution is 7.99. The third kappa shape index (κ3) is 4.53. The molecule has 0 unspecified atom stereocenters. The molecule has 0 spiro atoms. The molecule has 0 fully saturated rings. The predicted octanol–water partition coefficient (Wildman–Crippen LogP) is 5.65. The second-order valence-corrected chi connectivity index (χ2v) is 9.19. The minimum absolute atomic E-state index is 0.0416. The molecule has 1 aromatic heterocycles. The minimum Gasteiger partial charge on any atom is -0.293 e. The van der Waals surface area contributed by atoms with Crippen LogP contribution in [0.2, 0.25) is 0 Å². The van der Waals surface area contributed by atoms with Gasteiger partial charge in [0.05, 0.1) is 23.2 Å². The number of carbonyl (C=O) groups excluding carboxylic acids is 1. The lowest BCUT2D eigenvalue weighted by Gasteiger charge is -2.14. The van der Waals surface area contributed by atoms with Crippen LogP contribution in [0.3, 0.4) is 0 Å². The molecule has 4 aromatic rings. The van der Waals surface area contributed by atoms with Crippen molar-refractivity contribution in [2.75, 3.05) is 5.75 Å². The Bertz CT molecular complexity index is 1370. The number of para-hydroxylation sites is 1. The monoisotopic (exact) mass is 442 g/mol. The van der Waals surface area contributed by atoms with E-state index in [1.54, 1.807) is 10.6 Å². The lowest BCUT2D eigenvalue weighted by molar-refractivity contribution is 0.102. The number of rotatable bonds is 6. The highest BCUT2D eigenvalue weighted by Gasteiger charge is 2.16. The number of hydrogen-bond acceptors (Lipinski definition) is 4. The van der Waals surface area contributed by atoms with Crippen LogP contribution < -0.4 is 5.56 Å². The van der Waals surface area contributed by atoms with Crippen molar-refractivity contribution in [3.05, 3.63) is 104 Å². The number of hydrogen-bond donors (Lipinski definition) is 0. The third-order valence-corrected chi connectivity index (χ3v) is 6.74. The van der Waals surface area contributed by atoms with Gasteiger partial charge in [0.1, 0.15) is 0 Å². The molecule has 0 aliphatic rings. The van der Waals surface area contributed by atoms with Crippen LogP contribution >= 0.6 is 11.8 Å². The molecular weight excluding hydrogens is 416 g/mol. The van der Waals surface area contributed by atoms with Crippen molar-refractivity contribution in [1.29, 1.82) is 0 Å². The Kier molecular flexibility index (Phi) is 6.28. The van der Waals surface area contributed by atoms with Gasteiger partial charge in [-0.3, -0.25) is 14.2 Å². The second kappa shape index (κ2) is 9.13. The summed E-state index contributed by atoms with van der Waals surface area (Å²) in [5.74, 6) is 0.266. The first-order valence-corrected chi connectivity index (χ1v) is 11.6.